The molecular formula is C19H29N5O3S. The van der Waals surface area contributed by atoms with Crippen molar-refractivity contribution < 1.29 is 13.2 Å². The number of unbranched alkanes of at least 4 members (excludes halogenated alkanes) is 1. The first-order chi connectivity index (χ1) is 13.5. The molecular weight excluding hydrogens is 378 g/mol. The molecule has 1 fully saturated rings. The van der Waals surface area contributed by atoms with E-state index in [4.69, 9.17) is 0 Å². The molecule has 154 valence electrons. The van der Waals surface area contributed by atoms with E-state index in [1.807, 2.05) is 0 Å². The zero-order valence-corrected chi connectivity index (χ0v) is 17.4. The molecule has 28 heavy (non-hydrogen) atoms. The number of aromatic nitrogens is 3. The standard InChI is InChI=1S/C19H29N5O3S/c1-3-5-10-20-19(25)15-8-12-23(13-9-15)28(26,27)16-6-7-18-17(14-16)21-22-24(18)11-4-2/h6-7,14-15H,3-5,8-13H2,1-2H3,(H,20,25). The van der Waals surface area contributed by atoms with Crippen LogP contribution < -0.4 is 5.32 Å². The van der Waals surface area contributed by atoms with Gasteiger partial charge in [-0.15, -0.1) is 5.10 Å². The minimum absolute atomic E-state index is 0.0412. The van der Waals surface area contributed by atoms with Gasteiger partial charge in [-0.3, -0.25) is 4.79 Å². The van der Waals surface area contributed by atoms with E-state index in [-0.39, 0.29) is 16.7 Å². The number of hydrogen-bond donors (Lipinski definition) is 1. The minimum Gasteiger partial charge on any atom is -0.356 e. The molecule has 2 heterocycles. The maximum atomic E-state index is 13.0. The number of fused-ring (bicyclic) bond motifs is 1. The maximum Gasteiger partial charge on any atom is 0.243 e. The van der Waals surface area contributed by atoms with Crippen LogP contribution in [0.1, 0.15) is 46.0 Å². The van der Waals surface area contributed by atoms with Gasteiger partial charge in [0.05, 0.1) is 10.4 Å². The van der Waals surface area contributed by atoms with Crippen molar-refractivity contribution in [3.8, 4) is 0 Å². The molecule has 0 radical (unpaired) electrons. The lowest BCUT2D eigenvalue weighted by atomic mass is 9.97. The van der Waals surface area contributed by atoms with Crippen molar-refractivity contribution in [1.29, 1.82) is 0 Å². The lowest BCUT2D eigenvalue weighted by molar-refractivity contribution is -0.126. The van der Waals surface area contributed by atoms with Crippen LogP contribution in [0, 0.1) is 5.92 Å². The van der Waals surface area contributed by atoms with Crippen molar-refractivity contribution in [3.63, 3.8) is 0 Å². The van der Waals surface area contributed by atoms with Crippen molar-refractivity contribution in [1.82, 2.24) is 24.6 Å². The quantitative estimate of drug-likeness (QED) is 0.676. The van der Waals surface area contributed by atoms with E-state index in [0.717, 1.165) is 31.3 Å². The van der Waals surface area contributed by atoms with Crippen molar-refractivity contribution in [2.24, 2.45) is 5.92 Å². The second-order valence-corrected chi connectivity index (χ2v) is 9.22. The van der Waals surface area contributed by atoms with Crippen molar-refractivity contribution in [3.05, 3.63) is 18.2 Å². The molecule has 0 aliphatic carbocycles. The summed E-state index contributed by atoms with van der Waals surface area (Å²) in [5.74, 6) is -0.0702. The lowest BCUT2D eigenvalue weighted by Gasteiger charge is -2.30. The van der Waals surface area contributed by atoms with E-state index in [2.05, 4.69) is 29.5 Å². The Bertz CT molecular complexity index is 917. The Hall–Kier alpha value is -2.00. The first kappa shape index (κ1) is 20.7. The molecule has 1 amide bonds. The second kappa shape index (κ2) is 9.00. The molecule has 8 nitrogen and oxygen atoms in total. The molecule has 0 spiro atoms. The van der Waals surface area contributed by atoms with E-state index in [9.17, 15) is 13.2 Å². The Morgan fingerprint density at radius 1 is 1.21 bits per heavy atom. The van der Waals surface area contributed by atoms with Crippen LogP contribution in [0.4, 0.5) is 0 Å². The van der Waals surface area contributed by atoms with Crippen LogP contribution in [-0.2, 0) is 21.4 Å². The van der Waals surface area contributed by atoms with E-state index < -0.39 is 10.0 Å². The van der Waals surface area contributed by atoms with Gasteiger partial charge >= 0.3 is 0 Å². The Morgan fingerprint density at radius 2 is 1.96 bits per heavy atom. The third kappa shape index (κ3) is 4.35. The van der Waals surface area contributed by atoms with Gasteiger partial charge < -0.3 is 5.32 Å². The number of nitrogens with zero attached hydrogens (tertiary/aromatic N) is 4. The zero-order valence-electron chi connectivity index (χ0n) is 16.6. The number of benzene rings is 1. The Morgan fingerprint density at radius 3 is 2.64 bits per heavy atom. The fourth-order valence-corrected chi connectivity index (χ4v) is 5.02. The average molecular weight is 408 g/mol. The molecule has 1 aliphatic rings. The highest BCUT2D eigenvalue weighted by Gasteiger charge is 2.32. The summed E-state index contributed by atoms with van der Waals surface area (Å²) in [5.41, 5.74) is 1.42. The van der Waals surface area contributed by atoms with Gasteiger partial charge in [-0.2, -0.15) is 4.31 Å². The summed E-state index contributed by atoms with van der Waals surface area (Å²) in [7, 11) is -3.60. The summed E-state index contributed by atoms with van der Waals surface area (Å²) in [4.78, 5) is 12.4. The van der Waals surface area contributed by atoms with Gasteiger partial charge in [-0.1, -0.05) is 25.5 Å². The summed E-state index contributed by atoms with van der Waals surface area (Å²) in [6.45, 7) is 6.28. The molecule has 1 aromatic heterocycles. The normalized spacial score (nSPS) is 16.5. The van der Waals surface area contributed by atoms with Gasteiger partial charge in [0.1, 0.15) is 5.52 Å². The van der Waals surface area contributed by atoms with E-state index in [1.54, 1.807) is 22.9 Å². The van der Waals surface area contributed by atoms with Crippen molar-refractivity contribution in [2.75, 3.05) is 19.6 Å². The molecule has 9 heteroatoms. The van der Waals surface area contributed by atoms with Crippen LogP contribution >= 0.6 is 0 Å². The summed E-state index contributed by atoms with van der Waals surface area (Å²) >= 11 is 0. The van der Waals surface area contributed by atoms with Crippen LogP contribution in [0.15, 0.2) is 23.1 Å². The second-order valence-electron chi connectivity index (χ2n) is 7.29. The maximum absolute atomic E-state index is 13.0. The predicted molar refractivity (Wildman–Crippen MR) is 107 cm³/mol. The molecule has 0 atom stereocenters. The Balaban J connectivity index is 1.67. The summed E-state index contributed by atoms with van der Waals surface area (Å²) in [6, 6.07) is 4.98. The van der Waals surface area contributed by atoms with Crippen LogP contribution in [0.5, 0.6) is 0 Å². The molecule has 0 saturated carbocycles. The minimum atomic E-state index is -3.60. The molecule has 3 rings (SSSR count). The number of piperidine rings is 1. The van der Waals surface area contributed by atoms with E-state index >= 15 is 0 Å². The number of carbonyl (C=O) groups is 1. The van der Waals surface area contributed by atoms with Gasteiger partial charge in [-0.25, -0.2) is 13.1 Å². The van der Waals surface area contributed by atoms with Gasteiger partial charge in [0.2, 0.25) is 15.9 Å². The van der Waals surface area contributed by atoms with Gasteiger partial charge in [0.15, 0.2) is 0 Å². The molecule has 2 aromatic rings. The molecule has 1 aliphatic heterocycles. The third-order valence-electron chi connectivity index (χ3n) is 5.21. The van der Waals surface area contributed by atoms with Crippen LogP contribution in [0.3, 0.4) is 0 Å². The molecule has 1 N–H and O–H groups in total. The van der Waals surface area contributed by atoms with Crippen LogP contribution in [0.2, 0.25) is 0 Å². The van der Waals surface area contributed by atoms with Gasteiger partial charge in [0, 0.05) is 32.1 Å². The summed E-state index contributed by atoms with van der Waals surface area (Å²) < 4.78 is 29.3. The van der Waals surface area contributed by atoms with Gasteiger partial charge in [-0.05, 0) is 43.9 Å². The fourth-order valence-electron chi connectivity index (χ4n) is 3.53. The largest absolute Gasteiger partial charge is 0.356 e. The van der Waals surface area contributed by atoms with Crippen molar-refractivity contribution >= 4 is 27.0 Å². The van der Waals surface area contributed by atoms with Crippen LogP contribution in [0.25, 0.3) is 11.0 Å². The highest BCUT2D eigenvalue weighted by atomic mass is 32.2. The highest BCUT2D eigenvalue weighted by molar-refractivity contribution is 7.89. The van der Waals surface area contributed by atoms with Gasteiger partial charge in [0.25, 0.3) is 0 Å². The first-order valence-corrected chi connectivity index (χ1v) is 11.5. The highest BCUT2D eigenvalue weighted by Crippen LogP contribution is 2.26. The number of rotatable bonds is 8. The van der Waals surface area contributed by atoms with Crippen molar-refractivity contribution in [2.45, 2.75) is 57.4 Å². The number of aryl methyl sites for hydroxylation is 1. The predicted octanol–water partition coefficient (Wildman–Crippen LogP) is 2.16. The van der Waals surface area contributed by atoms with E-state index in [0.29, 0.717) is 38.0 Å². The Labute approximate surface area is 166 Å². The average Bonchev–Trinajstić information content (AvgIpc) is 3.11. The van der Waals surface area contributed by atoms with E-state index in [1.165, 1.54) is 4.31 Å². The summed E-state index contributed by atoms with van der Waals surface area (Å²) in [6.07, 6.45) is 4.02. The third-order valence-corrected chi connectivity index (χ3v) is 7.11. The summed E-state index contributed by atoms with van der Waals surface area (Å²) in [5, 5.41) is 11.1. The first-order valence-electron chi connectivity index (χ1n) is 10.1. The Kier molecular flexibility index (Phi) is 6.66. The monoisotopic (exact) mass is 407 g/mol. The SMILES string of the molecule is CCCCNC(=O)C1CCN(S(=O)(=O)c2ccc3c(c2)nnn3CCC)CC1. The smallest absolute Gasteiger partial charge is 0.243 e. The topological polar surface area (TPSA) is 97.2 Å². The fraction of sp³-hybridized carbons (Fsp3) is 0.632. The molecule has 0 bridgehead atoms. The number of sulfonamides is 1. The van der Waals surface area contributed by atoms with Crippen LogP contribution in [-0.4, -0.2) is 53.3 Å². The molecule has 0 unspecified atom stereocenters. The molecule has 1 aromatic carbocycles. The lowest BCUT2D eigenvalue weighted by Crippen LogP contribution is -2.43. The number of hydrogen-bond acceptors (Lipinski definition) is 5. The zero-order chi connectivity index (χ0) is 20.1. The number of amides is 1. The molecule has 1 saturated heterocycles. The number of carbonyl (C=O) groups excluding carboxylic acids is 1. The number of nitrogens with one attached hydrogen (secondary N) is 1.